The van der Waals surface area contributed by atoms with E-state index in [1.165, 1.54) is 7.11 Å². The van der Waals surface area contributed by atoms with Gasteiger partial charge in [-0.2, -0.15) is 0 Å². The summed E-state index contributed by atoms with van der Waals surface area (Å²) in [5.74, 6) is -2.85. The van der Waals surface area contributed by atoms with Crippen LogP contribution in [0.2, 0.25) is 0 Å². The molecule has 0 amide bonds. The van der Waals surface area contributed by atoms with E-state index in [1.807, 2.05) is 19.0 Å². The minimum absolute atomic E-state index is 0.0302. The molecule has 11 heteroatoms. The third-order valence-electron chi connectivity index (χ3n) is 7.65. The molecule has 1 atom stereocenters. The zero-order valence-corrected chi connectivity index (χ0v) is 23.5. The van der Waals surface area contributed by atoms with Gasteiger partial charge in [0.25, 0.3) is 0 Å². The van der Waals surface area contributed by atoms with E-state index in [2.05, 4.69) is 4.98 Å². The fraction of sp³-hybridized carbons (Fsp3) is 0.448. The number of alkyl halides is 1. The van der Waals surface area contributed by atoms with E-state index in [0.29, 0.717) is 78.3 Å². The maximum absolute atomic E-state index is 16.0. The van der Waals surface area contributed by atoms with Crippen molar-refractivity contribution < 1.29 is 32.2 Å². The minimum atomic E-state index is -1.42. The number of hydrogen-bond acceptors (Lipinski definition) is 6. The van der Waals surface area contributed by atoms with Crippen LogP contribution in [-0.4, -0.2) is 67.6 Å². The molecule has 1 N–H and O–H groups in total. The first-order chi connectivity index (χ1) is 19.0. The van der Waals surface area contributed by atoms with Crippen LogP contribution in [0.15, 0.2) is 41.4 Å². The maximum atomic E-state index is 16.0. The number of rotatable bonds is 11. The molecule has 2 heterocycles. The molecule has 216 valence electrons. The smallest absolute Gasteiger partial charge is 0.309 e. The summed E-state index contributed by atoms with van der Waals surface area (Å²) in [4.78, 5) is 20.5. The Hall–Kier alpha value is -3.05. The fourth-order valence-electron chi connectivity index (χ4n) is 5.26. The summed E-state index contributed by atoms with van der Waals surface area (Å²) < 4.78 is 62.3. The summed E-state index contributed by atoms with van der Waals surface area (Å²) in [6.07, 6.45) is 1.08. The summed E-state index contributed by atoms with van der Waals surface area (Å²) in [7, 11) is 5.16. The first-order valence-corrected chi connectivity index (χ1v) is 14.0. The number of likely N-dealkylation sites (tertiary alicyclic amines) is 1. The first-order valence-electron chi connectivity index (χ1n) is 13.1. The Kier molecular flexibility index (Phi) is 9.45. The molecule has 3 aromatic rings. The largest absolute Gasteiger partial charge is 0.497 e. The van der Waals surface area contributed by atoms with E-state index >= 15 is 4.39 Å². The van der Waals surface area contributed by atoms with Gasteiger partial charge in [-0.25, -0.2) is 17.6 Å². The van der Waals surface area contributed by atoms with Gasteiger partial charge in [-0.15, -0.1) is 11.8 Å². The van der Waals surface area contributed by atoms with Crippen LogP contribution in [0.1, 0.15) is 37.4 Å². The molecule has 0 bridgehead atoms. The quantitative estimate of drug-likeness (QED) is 0.206. The second-order valence-corrected chi connectivity index (χ2v) is 11.4. The number of methoxy groups -OCH3 is 1. The second-order valence-electron chi connectivity index (χ2n) is 10.3. The van der Waals surface area contributed by atoms with E-state index < -0.39 is 35.0 Å². The number of piperidine rings is 1. The van der Waals surface area contributed by atoms with Crippen molar-refractivity contribution in [2.45, 2.75) is 36.8 Å². The fourth-order valence-corrected chi connectivity index (χ4v) is 6.21. The number of benzene rings is 2. The Morgan fingerprint density at radius 1 is 1.18 bits per heavy atom. The number of halogens is 4. The van der Waals surface area contributed by atoms with Gasteiger partial charge >= 0.3 is 5.97 Å². The Morgan fingerprint density at radius 3 is 2.45 bits per heavy atom. The third kappa shape index (κ3) is 6.46. The molecular formula is C29H33F4N3O3S. The average molecular weight is 580 g/mol. The van der Waals surface area contributed by atoms with Gasteiger partial charge in [0.1, 0.15) is 29.4 Å². The molecule has 6 nitrogen and oxygen atoms in total. The molecule has 0 radical (unpaired) electrons. The lowest BCUT2D eigenvalue weighted by molar-refractivity contribution is -0.153. The van der Waals surface area contributed by atoms with Crippen LogP contribution in [0.5, 0.6) is 5.75 Å². The molecule has 1 aromatic heterocycles. The van der Waals surface area contributed by atoms with Crippen LogP contribution in [0.25, 0.3) is 10.9 Å². The van der Waals surface area contributed by atoms with Gasteiger partial charge in [0.15, 0.2) is 0 Å². The number of carboxylic acid groups (broad SMARTS) is 1. The van der Waals surface area contributed by atoms with Gasteiger partial charge in [0.2, 0.25) is 0 Å². The van der Waals surface area contributed by atoms with Crippen LogP contribution in [0.3, 0.4) is 0 Å². The molecule has 0 saturated carbocycles. The van der Waals surface area contributed by atoms with Crippen LogP contribution in [0, 0.1) is 22.9 Å². The highest BCUT2D eigenvalue weighted by Gasteiger charge is 2.42. The zero-order valence-electron chi connectivity index (χ0n) is 22.7. The number of anilines is 1. The second kappa shape index (κ2) is 12.6. The van der Waals surface area contributed by atoms with Gasteiger partial charge in [-0.1, -0.05) is 0 Å². The Labute approximate surface area is 235 Å². The Morgan fingerprint density at radius 2 is 1.85 bits per heavy atom. The molecule has 4 rings (SSSR count). The molecule has 1 saturated heterocycles. The van der Waals surface area contributed by atoms with E-state index in [0.717, 1.165) is 11.8 Å². The van der Waals surface area contributed by atoms with Crippen molar-refractivity contribution in [3.05, 3.63) is 59.5 Å². The lowest BCUT2D eigenvalue weighted by Crippen LogP contribution is -2.45. The van der Waals surface area contributed by atoms with Crippen LogP contribution in [-0.2, 0) is 4.79 Å². The average Bonchev–Trinajstić information content (AvgIpc) is 2.92. The molecule has 0 unspecified atom stereocenters. The van der Waals surface area contributed by atoms with Crippen molar-refractivity contribution >= 4 is 34.3 Å². The van der Waals surface area contributed by atoms with Crippen LogP contribution < -0.4 is 9.64 Å². The van der Waals surface area contributed by atoms with Crippen molar-refractivity contribution in [3.63, 3.8) is 0 Å². The summed E-state index contributed by atoms with van der Waals surface area (Å²) in [6, 6.07) is 6.59. The van der Waals surface area contributed by atoms with Gasteiger partial charge in [-0.05, 0) is 57.0 Å². The summed E-state index contributed by atoms with van der Waals surface area (Å²) in [5.41, 5.74) is 0.647. The van der Waals surface area contributed by atoms with Crippen LogP contribution in [0.4, 0.5) is 23.2 Å². The molecular weight excluding hydrogens is 546 g/mol. The number of nitrogens with zero attached hydrogens (tertiary/aromatic N) is 3. The highest BCUT2D eigenvalue weighted by atomic mass is 32.2. The predicted molar refractivity (Wildman–Crippen MR) is 148 cm³/mol. The highest BCUT2D eigenvalue weighted by Crippen LogP contribution is 2.43. The van der Waals surface area contributed by atoms with Gasteiger partial charge in [-0.3, -0.25) is 9.78 Å². The van der Waals surface area contributed by atoms with Crippen LogP contribution >= 0.6 is 11.8 Å². The summed E-state index contributed by atoms with van der Waals surface area (Å²) in [6.45, 7) is 1.42. The number of pyridine rings is 1. The van der Waals surface area contributed by atoms with Gasteiger partial charge in [0.05, 0.1) is 34.8 Å². The molecule has 0 aliphatic carbocycles. The summed E-state index contributed by atoms with van der Waals surface area (Å²) in [5, 5.41) is 10.8. The number of aliphatic carboxylic acids is 1. The molecule has 2 aromatic carbocycles. The Bertz CT molecular complexity index is 1340. The number of fused-ring (bicyclic) bond motifs is 1. The molecule has 40 heavy (non-hydrogen) atoms. The normalized spacial score (nSPS) is 16.2. The monoisotopic (exact) mass is 579 g/mol. The highest BCUT2D eigenvalue weighted by molar-refractivity contribution is 7.99. The number of thioether (sulfide) groups is 1. The summed E-state index contributed by atoms with van der Waals surface area (Å²) >= 11 is 0.959. The van der Waals surface area contributed by atoms with E-state index in [9.17, 15) is 23.1 Å². The number of hydrogen-bond donors (Lipinski definition) is 1. The number of carboxylic acids is 1. The number of aromatic nitrogens is 1. The lowest BCUT2D eigenvalue weighted by atomic mass is 9.74. The topological polar surface area (TPSA) is 65.9 Å². The van der Waals surface area contributed by atoms with Crippen molar-refractivity contribution in [1.29, 1.82) is 0 Å². The number of ether oxygens (including phenoxy) is 1. The standard InChI is InChI=1S/C29H33F4N3O3S/c1-35(2)25-17-34-24-5-4-19(39-3)16-20(24)26(25)21(31)6-7-29(28(37)38)8-10-36(11-9-29)12-13-40-27-22(32)14-18(30)15-23(27)33/h4-5,14-17,21H,6-13H2,1-3H3,(H,37,38)/t21-/m1/s1. The lowest BCUT2D eigenvalue weighted by Gasteiger charge is -2.39. The van der Waals surface area contributed by atoms with Gasteiger partial charge < -0.3 is 19.6 Å². The van der Waals surface area contributed by atoms with E-state index in [-0.39, 0.29) is 17.7 Å². The number of carbonyl (C=O) groups is 1. The van der Waals surface area contributed by atoms with Crippen molar-refractivity contribution in [3.8, 4) is 5.75 Å². The van der Waals surface area contributed by atoms with E-state index in [1.54, 1.807) is 29.3 Å². The maximum Gasteiger partial charge on any atom is 0.309 e. The molecule has 1 fully saturated rings. The van der Waals surface area contributed by atoms with Crippen molar-refractivity contribution in [1.82, 2.24) is 9.88 Å². The van der Waals surface area contributed by atoms with Crippen molar-refractivity contribution in [2.75, 3.05) is 51.5 Å². The van der Waals surface area contributed by atoms with Gasteiger partial charge in [0, 0.05) is 49.5 Å². The zero-order chi connectivity index (χ0) is 29.0. The molecule has 0 spiro atoms. The molecule has 1 aliphatic rings. The third-order valence-corrected chi connectivity index (χ3v) is 8.72. The van der Waals surface area contributed by atoms with Crippen molar-refractivity contribution in [2.24, 2.45) is 5.41 Å². The first kappa shape index (κ1) is 29.9. The predicted octanol–water partition coefficient (Wildman–Crippen LogP) is 6.48. The minimum Gasteiger partial charge on any atom is -0.497 e. The SMILES string of the molecule is COc1ccc2ncc(N(C)C)c([C@H](F)CCC3(C(=O)O)CCN(CCSc4c(F)cc(F)cc4F)CC3)c2c1. The van der Waals surface area contributed by atoms with E-state index in [4.69, 9.17) is 4.74 Å². The molecule has 1 aliphatic heterocycles. The Balaban J connectivity index is 1.41.